The summed E-state index contributed by atoms with van der Waals surface area (Å²) in [5, 5.41) is 3.10. The predicted molar refractivity (Wildman–Crippen MR) is 81.8 cm³/mol. The SMILES string of the molecule is O=C(NC1CCCCC1)c1ccc(-c2ccccn2)nc1. The van der Waals surface area contributed by atoms with Crippen molar-refractivity contribution in [1.29, 1.82) is 0 Å². The molecular formula is C17H19N3O. The van der Waals surface area contributed by atoms with Gasteiger partial charge in [-0.1, -0.05) is 25.3 Å². The molecule has 2 aromatic heterocycles. The molecule has 0 atom stereocenters. The number of pyridine rings is 2. The highest BCUT2D eigenvalue weighted by molar-refractivity contribution is 5.94. The summed E-state index contributed by atoms with van der Waals surface area (Å²) < 4.78 is 0. The van der Waals surface area contributed by atoms with Crippen molar-refractivity contribution in [2.24, 2.45) is 0 Å². The third-order valence-electron chi connectivity index (χ3n) is 3.89. The molecule has 1 amide bonds. The lowest BCUT2D eigenvalue weighted by atomic mass is 9.95. The van der Waals surface area contributed by atoms with E-state index in [4.69, 9.17) is 0 Å². The summed E-state index contributed by atoms with van der Waals surface area (Å²) in [7, 11) is 0. The molecule has 0 aromatic carbocycles. The number of carbonyl (C=O) groups is 1. The van der Waals surface area contributed by atoms with Crippen LogP contribution in [0, 0.1) is 0 Å². The van der Waals surface area contributed by atoms with Crippen molar-refractivity contribution in [3.8, 4) is 11.4 Å². The normalized spacial score (nSPS) is 15.6. The minimum atomic E-state index is -0.0260. The van der Waals surface area contributed by atoms with Gasteiger partial charge in [0.2, 0.25) is 0 Å². The van der Waals surface area contributed by atoms with Crippen LogP contribution in [0.15, 0.2) is 42.7 Å². The summed E-state index contributed by atoms with van der Waals surface area (Å²) in [5.41, 5.74) is 2.21. The quantitative estimate of drug-likeness (QED) is 0.940. The molecule has 1 aliphatic carbocycles. The predicted octanol–water partition coefficient (Wildman–Crippen LogP) is 3.21. The Morgan fingerprint density at radius 3 is 2.48 bits per heavy atom. The summed E-state index contributed by atoms with van der Waals surface area (Å²) in [5.74, 6) is -0.0260. The van der Waals surface area contributed by atoms with Gasteiger partial charge in [-0.3, -0.25) is 14.8 Å². The second kappa shape index (κ2) is 6.48. The number of amides is 1. The van der Waals surface area contributed by atoms with Crippen LogP contribution in [-0.2, 0) is 0 Å². The van der Waals surface area contributed by atoms with Crippen molar-refractivity contribution >= 4 is 5.91 Å². The monoisotopic (exact) mass is 281 g/mol. The fourth-order valence-electron chi connectivity index (χ4n) is 2.71. The highest BCUT2D eigenvalue weighted by Gasteiger charge is 2.16. The average Bonchev–Trinajstić information content (AvgIpc) is 2.57. The first-order valence-corrected chi connectivity index (χ1v) is 7.51. The second-order valence-electron chi connectivity index (χ2n) is 5.46. The first-order valence-electron chi connectivity index (χ1n) is 7.51. The fraction of sp³-hybridized carbons (Fsp3) is 0.353. The molecule has 0 spiro atoms. The maximum atomic E-state index is 12.2. The first kappa shape index (κ1) is 13.7. The molecule has 21 heavy (non-hydrogen) atoms. The molecule has 4 heteroatoms. The van der Waals surface area contributed by atoms with Crippen molar-refractivity contribution in [2.45, 2.75) is 38.1 Å². The second-order valence-corrected chi connectivity index (χ2v) is 5.46. The maximum Gasteiger partial charge on any atom is 0.253 e. The van der Waals surface area contributed by atoms with E-state index in [1.165, 1.54) is 19.3 Å². The summed E-state index contributed by atoms with van der Waals surface area (Å²) >= 11 is 0. The van der Waals surface area contributed by atoms with E-state index in [1.807, 2.05) is 30.3 Å². The third kappa shape index (κ3) is 3.45. The highest BCUT2D eigenvalue weighted by Crippen LogP contribution is 2.18. The largest absolute Gasteiger partial charge is 0.349 e. The molecule has 4 nitrogen and oxygen atoms in total. The van der Waals surface area contributed by atoms with E-state index >= 15 is 0 Å². The molecule has 1 N–H and O–H groups in total. The molecule has 0 bridgehead atoms. The molecule has 0 unspecified atom stereocenters. The van der Waals surface area contributed by atoms with Crippen LogP contribution in [0.25, 0.3) is 11.4 Å². The van der Waals surface area contributed by atoms with Gasteiger partial charge in [0.15, 0.2) is 0 Å². The first-order chi connectivity index (χ1) is 10.3. The molecule has 0 aliphatic heterocycles. The minimum absolute atomic E-state index is 0.0260. The molecule has 1 aliphatic rings. The number of aromatic nitrogens is 2. The lowest BCUT2D eigenvalue weighted by Crippen LogP contribution is -2.36. The van der Waals surface area contributed by atoms with Crippen LogP contribution in [-0.4, -0.2) is 21.9 Å². The van der Waals surface area contributed by atoms with E-state index in [0.717, 1.165) is 24.2 Å². The van der Waals surface area contributed by atoms with E-state index in [1.54, 1.807) is 12.4 Å². The van der Waals surface area contributed by atoms with E-state index in [2.05, 4.69) is 15.3 Å². The van der Waals surface area contributed by atoms with Crippen molar-refractivity contribution in [3.63, 3.8) is 0 Å². The number of nitrogens with zero attached hydrogens (tertiary/aromatic N) is 2. The van der Waals surface area contributed by atoms with Crippen LogP contribution >= 0.6 is 0 Å². The van der Waals surface area contributed by atoms with Crippen LogP contribution in [0.4, 0.5) is 0 Å². The van der Waals surface area contributed by atoms with Gasteiger partial charge in [-0.05, 0) is 37.1 Å². The molecule has 2 heterocycles. The molecule has 3 rings (SSSR count). The van der Waals surface area contributed by atoms with Gasteiger partial charge in [-0.15, -0.1) is 0 Å². The van der Waals surface area contributed by atoms with E-state index in [-0.39, 0.29) is 5.91 Å². The van der Waals surface area contributed by atoms with Gasteiger partial charge in [-0.25, -0.2) is 0 Å². The lowest BCUT2D eigenvalue weighted by molar-refractivity contribution is 0.0927. The summed E-state index contributed by atoms with van der Waals surface area (Å²) in [6, 6.07) is 9.68. The van der Waals surface area contributed by atoms with Gasteiger partial charge in [0.25, 0.3) is 5.91 Å². The zero-order valence-corrected chi connectivity index (χ0v) is 12.0. The highest BCUT2D eigenvalue weighted by atomic mass is 16.1. The van der Waals surface area contributed by atoms with Gasteiger partial charge in [-0.2, -0.15) is 0 Å². The van der Waals surface area contributed by atoms with Gasteiger partial charge in [0.1, 0.15) is 0 Å². The Bertz CT molecular complexity index is 589. The Morgan fingerprint density at radius 1 is 1.00 bits per heavy atom. The molecule has 2 aromatic rings. The fourth-order valence-corrected chi connectivity index (χ4v) is 2.71. The molecule has 1 saturated carbocycles. The minimum Gasteiger partial charge on any atom is -0.349 e. The van der Waals surface area contributed by atoms with Crippen LogP contribution < -0.4 is 5.32 Å². The summed E-state index contributed by atoms with van der Waals surface area (Å²) in [6.45, 7) is 0. The van der Waals surface area contributed by atoms with Gasteiger partial charge >= 0.3 is 0 Å². The molecule has 0 saturated heterocycles. The smallest absolute Gasteiger partial charge is 0.253 e. The zero-order valence-electron chi connectivity index (χ0n) is 12.0. The number of rotatable bonds is 3. The number of carbonyl (C=O) groups excluding carboxylic acids is 1. The number of nitrogens with one attached hydrogen (secondary N) is 1. The van der Waals surface area contributed by atoms with Crippen LogP contribution in [0.3, 0.4) is 0 Å². The Hall–Kier alpha value is -2.23. The summed E-state index contributed by atoms with van der Waals surface area (Å²) in [6.07, 6.45) is 9.25. The lowest BCUT2D eigenvalue weighted by Gasteiger charge is -2.22. The molecule has 0 radical (unpaired) electrons. The van der Waals surface area contributed by atoms with Crippen molar-refractivity contribution in [1.82, 2.24) is 15.3 Å². The van der Waals surface area contributed by atoms with Crippen LogP contribution in [0.1, 0.15) is 42.5 Å². The van der Waals surface area contributed by atoms with E-state index < -0.39 is 0 Å². The summed E-state index contributed by atoms with van der Waals surface area (Å²) in [4.78, 5) is 20.8. The Kier molecular flexibility index (Phi) is 4.24. The third-order valence-corrected chi connectivity index (χ3v) is 3.89. The Labute approximate surface area is 124 Å². The number of hydrogen-bond donors (Lipinski definition) is 1. The van der Waals surface area contributed by atoms with Crippen molar-refractivity contribution in [2.75, 3.05) is 0 Å². The molecular weight excluding hydrogens is 262 g/mol. The van der Waals surface area contributed by atoms with Crippen molar-refractivity contribution in [3.05, 3.63) is 48.3 Å². The molecule has 108 valence electrons. The molecule has 1 fully saturated rings. The van der Waals surface area contributed by atoms with Crippen LogP contribution in [0.5, 0.6) is 0 Å². The maximum absolute atomic E-state index is 12.2. The van der Waals surface area contributed by atoms with Gasteiger partial charge in [0.05, 0.1) is 17.0 Å². The number of hydrogen-bond acceptors (Lipinski definition) is 3. The Morgan fingerprint density at radius 2 is 1.81 bits per heavy atom. The topological polar surface area (TPSA) is 54.9 Å². The average molecular weight is 281 g/mol. The van der Waals surface area contributed by atoms with Gasteiger partial charge < -0.3 is 5.32 Å². The standard InChI is InChI=1S/C17H19N3O/c21-17(20-14-6-2-1-3-7-14)13-9-10-16(19-12-13)15-8-4-5-11-18-15/h4-5,8-12,14H,1-3,6-7H2,(H,20,21). The Balaban J connectivity index is 1.67. The van der Waals surface area contributed by atoms with E-state index in [9.17, 15) is 4.79 Å². The zero-order chi connectivity index (χ0) is 14.5. The van der Waals surface area contributed by atoms with Gasteiger partial charge in [0, 0.05) is 18.4 Å². The van der Waals surface area contributed by atoms with Crippen molar-refractivity contribution < 1.29 is 4.79 Å². The van der Waals surface area contributed by atoms with Crippen LogP contribution in [0.2, 0.25) is 0 Å². The van der Waals surface area contributed by atoms with E-state index in [0.29, 0.717) is 11.6 Å².